The molecule has 0 saturated heterocycles. The number of hydrogen-bond donors (Lipinski definition) is 2. The molecule has 0 spiro atoms. The predicted molar refractivity (Wildman–Crippen MR) is 47.2 cm³/mol. The predicted octanol–water partition coefficient (Wildman–Crippen LogP) is 1.86. The fourth-order valence-electron chi connectivity index (χ4n) is 0.848. The van der Waals surface area contributed by atoms with Crippen LogP contribution in [0.15, 0.2) is 24.3 Å². The van der Waals surface area contributed by atoms with Crippen molar-refractivity contribution in [2.45, 2.75) is 13.0 Å². The van der Waals surface area contributed by atoms with E-state index in [1.54, 1.807) is 0 Å². The highest BCUT2D eigenvalue weighted by Gasteiger charge is 2.00. The third-order valence-electron chi connectivity index (χ3n) is 1.62. The summed E-state index contributed by atoms with van der Waals surface area (Å²) in [4.78, 5) is 0. The Morgan fingerprint density at radius 2 is 1.91 bits per heavy atom. The zero-order valence-electron chi connectivity index (χ0n) is 6.34. The first-order chi connectivity index (χ1) is 5.24. The molecule has 1 aromatic rings. The molecular weight excluding hydrogens is 160 g/mol. The van der Waals surface area contributed by atoms with Crippen LogP contribution in [0.2, 0.25) is 5.02 Å². The van der Waals surface area contributed by atoms with E-state index in [9.17, 15) is 0 Å². The Morgan fingerprint density at radius 1 is 1.36 bits per heavy atom. The number of hydrazine groups is 1. The second-order valence-electron chi connectivity index (χ2n) is 2.44. The first-order valence-corrected chi connectivity index (χ1v) is 3.83. The Balaban J connectivity index is 2.81. The van der Waals surface area contributed by atoms with E-state index in [2.05, 4.69) is 5.43 Å². The molecule has 1 rings (SSSR count). The summed E-state index contributed by atoms with van der Waals surface area (Å²) in [6, 6.07) is 7.78. The number of halogens is 1. The van der Waals surface area contributed by atoms with Crippen molar-refractivity contribution in [2.75, 3.05) is 0 Å². The Bertz CT molecular complexity index is 220. The average molecular weight is 171 g/mol. The standard InChI is InChI=1S/C8H11ClN2/c1-6(11-10)7-2-4-8(9)5-3-7/h2-6,11H,10H2,1H3/t6-/m0/s1. The van der Waals surface area contributed by atoms with Crippen LogP contribution < -0.4 is 11.3 Å². The number of nitrogens with one attached hydrogen (secondary N) is 1. The monoisotopic (exact) mass is 170 g/mol. The van der Waals surface area contributed by atoms with Gasteiger partial charge in [-0.15, -0.1) is 0 Å². The van der Waals surface area contributed by atoms with Crippen LogP contribution in [0.3, 0.4) is 0 Å². The summed E-state index contributed by atoms with van der Waals surface area (Å²) in [5.74, 6) is 5.26. The van der Waals surface area contributed by atoms with Crippen LogP contribution in [0.4, 0.5) is 0 Å². The lowest BCUT2D eigenvalue weighted by atomic mass is 10.1. The molecule has 0 unspecified atom stereocenters. The molecular formula is C8H11ClN2. The molecule has 3 heteroatoms. The molecule has 11 heavy (non-hydrogen) atoms. The molecule has 0 fully saturated rings. The second-order valence-corrected chi connectivity index (χ2v) is 2.88. The van der Waals surface area contributed by atoms with Gasteiger partial charge in [0.15, 0.2) is 0 Å². The van der Waals surface area contributed by atoms with Gasteiger partial charge in [0.05, 0.1) is 0 Å². The summed E-state index contributed by atoms with van der Waals surface area (Å²) < 4.78 is 0. The van der Waals surface area contributed by atoms with Crippen LogP contribution in [-0.4, -0.2) is 0 Å². The van der Waals surface area contributed by atoms with E-state index in [1.807, 2.05) is 31.2 Å². The summed E-state index contributed by atoms with van der Waals surface area (Å²) in [7, 11) is 0. The Labute approximate surface area is 71.3 Å². The summed E-state index contributed by atoms with van der Waals surface area (Å²) in [6.45, 7) is 1.99. The van der Waals surface area contributed by atoms with Crippen LogP contribution in [0.25, 0.3) is 0 Å². The lowest BCUT2D eigenvalue weighted by molar-refractivity contribution is 0.602. The van der Waals surface area contributed by atoms with E-state index < -0.39 is 0 Å². The Morgan fingerprint density at radius 3 is 2.36 bits per heavy atom. The van der Waals surface area contributed by atoms with Gasteiger partial charge in [0, 0.05) is 11.1 Å². The lowest BCUT2D eigenvalue weighted by Gasteiger charge is -2.09. The normalized spacial score (nSPS) is 13.0. The fourth-order valence-corrected chi connectivity index (χ4v) is 0.974. The molecule has 3 N–H and O–H groups in total. The van der Waals surface area contributed by atoms with Crippen LogP contribution >= 0.6 is 11.6 Å². The maximum atomic E-state index is 5.71. The molecule has 1 atom stereocenters. The molecule has 0 saturated carbocycles. The molecule has 2 nitrogen and oxygen atoms in total. The highest BCUT2D eigenvalue weighted by Crippen LogP contribution is 2.14. The fraction of sp³-hybridized carbons (Fsp3) is 0.250. The van der Waals surface area contributed by atoms with Gasteiger partial charge < -0.3 is 0 Å². The number of hydrogen-bond acceptors (Lipinski definition) is 2. The SMILES string of the molecule is C[C@H](NN)c1ccc(Cl)cc1. The molecule has 0 radical (unpaired) electrons. The Hall–Kier alpha value is -0.570. The van der Waals surface area contributed by atoms with E-state index in [4.69, 9.17) is 17.4 Å². The first kappa shape index (κ1) is 8.53. The summed E-state index contributed by atoms with van der Waals surface area (Å²) >= 11 is 5.71. The third kappa shape index (κ3) is 2.19. The van der Waals surface area contributed by atoms with Gasteiger partial charge in [-0.3, -0.25) is 11.3 Å². The van der Waals surface area contributed by atoms with Crippen molar-refractivity contribution < 1.29 is 0 Å². The van der Waals surface area contributed by atoms with Gasteiger partial charge in [0.1, 0.15) is 0 Å². The van der Waals surface area contributed by atoms with Gasteiger partial charge in [0.25, 0.3) is 0 Å². The molecule has 0 heterocycles. The van der Waals surface area contributed by atoms with Crippen LogP contribution in [-0.2, 0) is 0 Å². The minimum absolute atomic E-state index is 0.173. The van der Waals surface area contributed by atoms with Crippen molar-refractivity contribution in [2.24, 2.45) is 5.84 Å². The van der Waals surface area contributed by atoms with Crippen molar-refractivity contribution in [3.63, 3.8) is 0 Å². The van der Waals surface area contributed by atoms with Gasteiger partial charge in [0.2, 0.25) is 0 Å². The number of benzene rings is 1. The van der Waals surface area contributed by atoms with Crippen LogP contribution in [0, 0.1) is 0 Å². The van der Waals surface area contributed by atoms with Crippen LogP contribution in [0.5, 0.6) is 0 Å². The largest absolute Gasteiger partial charge is 0.271 e. The second kappa shape index (κ2) is 3.72. The van der Waals surface area contributed by atoms with E-state index in [1.165, 1.54) is 0 Å². The summed E-state index contributed by atoms with van der Waals surface area (Å²) in [5.41, 5.74) is 3.79. The van der Waals surface area contributed by atoms with Crippen molar-refractivity contribution in [1.82, 2.24) is 5.43 Å². The van der Waals surface area contributed by atoms with Crippen LogP contribution in [0.1, 0.15) is 18.5 Å². The minimum Gasteiger partial charge on any atom is -0.271 e. The van der Waals surface area contributed by atoms with Crippen molar-refractivity contribution in [1.29, 1.82) is 0 Å². The van der Waals surface area contributed by atoms with Crippen molar-refractivity contribution in [3.05, 3.63) is 34.9 Å². The van der Waals surface area contributed by atoms with Gasteiger partial charge >= 0.3 is 0 Å². The highest BCUT2D eigenvalue weighted by atomic mass is 35.5. The minimum atomic E-state index is 0.173. The molecule has 60 valence electrons. The van der Waals surface area contributed by atoms with Crippen molar-refractivity contribution >= 4 is 11.6 Å². The van der Waals surface area contributed by atoms with Gasteiger partial charge in [-0.05, 0) is 24.6 Å². The lowest BCUT2D eigenvalue weighted by Crippen LogP contribution is -2.25. The van der Waals surface area contributed by atoms with E-state index >= 15 is 0 Å². The van der Waals surface area contributed by atoms with E-state index in [-0.39, 0.29) is 6.04 Å². The zero-order chi connectivity index (χ0) is 8.27. The van der Waals surface area contributed by atoms with Gasteiger partial charge in [-0.1, -0.05) is 23.7 Å². The maximum absolute atomic E-state index is 5.71. The number of nitrogens with two attached hydrogens (primary N) is 1. The molecule has 0 bridgehead atoms. The molecule has 1 aromatic carbocycles. The number of rotatable bonds is 2. The smallest absolute Gasteiger partial charge is 0.0431 e. The molecule has 0 aliphatic carbocycles. The first-order valence-electron chi connectivity index (χ1n) is 3.45. The van der Waals surface area contributed by atoms with E-state index in [0.29, 0.717) is 0 Å². The molecule has 0 aromatic heterocycles. The molecule has 0 aliphatic rings. The quantitative estimate of drug-likeness (QED) is 0.525. The zero-order valence-corrected chi connectivity index (χ0v) is 7.10. The van der Waals surface area contributed by atoms with Gasteiger partial charge in [-0.25, -0.2) is 0 Å². The third-order valence-corrected chi connectivity index (χ3v) is 1.87. The Kier molecular flexibility index (Phi) is 2.88. The summed E-state index contributed by atoms with van der Waals surface area (Å²) in [6.07, 6.45) is 0. The summed E-state index contributed by atoms with van der Waals surface area (Å²) in [5, 5.41) is 0.748. The maximum Gasteiger partial charge on any atom is 0.0431 e. The molecule has 0 amide bonds. The highest BCUT2D eigenvalue weighted by molar-refractivity contribution is 6.30. The average Bonchev–Trinajstić information content (AvgIpc) is 2.05. The van der Waals surface area contributed by atoms with Gasteiger partial charge in [-0.2, -0.15) is 0 Å². The van der Waals surface area contributed by atoms with Crippen molar-refractivity contribution in [3.8, 4) is 0 Å². The van der Waals surface area contributed by atoms with E-state index in [0.717, 1.165) is 10.6 Å². The molecule has 0 aliphatic heterocycles. The topological polar surface area (TPSA) is 38.0 Å².